The van der Waals surface area contributed by atoms with Crippen molar-refractivity contribution in [3.8, 4) is 0 Å². The second-order valence-corrected chi connectivity index (χ2v) is 6.81. The second-order valence-electron chi connectivity index (χ2n) is 4.92. The van der Waals surface area contributed by atoms with E-state index in [1.165, 1.54) is 0 Å². The lowest BCUT2D eigenvalue weighted by Gasteiger charge is -2.23. The molecule has 0 aliphatic carbocycles. The molecule has 1 unspecified atom stereocenters. The number of aryl methyl sites for hydroxylation is 1. The van der Waals surface area contributed by atoms with Crippen molar-refractivity contribution in [3.05, 3.63) is 42.5 Å². The van der Waals surface area contributed by atoms with Crippen molar-refractivity contribution >= 4 is 10.0 Å². The average Bonchev–Trinajstić information content (AvgIpc) is 2.71. The van der Waals surface area contributed by atoms with Crippen LogP contribution in [0.2, 0.25) is 0 Å². The van der Waals surface area contributed by atoms with Crippen LogP contribution in [-0.4, -0.2) is 25.3 Å². The Bertz CT molecular complexity index is 533. The van der Waals surface area contributed by atoms with Gasteiger partial charge in [-0.2, -0.15) is 4.31 Å². The summed E-state index contributed by atoms with van der Waals surface area (Å²) in [5, 5.41) is 0. The summed E-state index contributed by atoms with van der Waals surface area (Å²) in [6.45, 7) is 8.35. The topological polar surface area (TPSA) is 37.4 Å². The zero-order valence-corrected chi connectivity index (χ0v) is 11.7. The predicted octanol–water partition coefficient (Wildman–Crippen LogP) is 2.58. The van der Waals surface area contributed by atoms with Crippen LogP contribution < -0.4 is 0 Å². The fourth-order valence-corrected chi connectivity index (χ4v) is 4.12. The van der Waals surface area contributed by atoms with Crippen LogP contribution in [0.3, 0.4) is 0 Å². The molecule has 0 bridgehead atoms. The van der Waals surface area contributed by atoms with Gasteiger partial charge in [0.2, 0.25) is 10.0 Å². The van der Waals surface area contributed by atoms with Crippen molar-refractivity contribution < 1.29 is 8.42 Å². The summed E-state index contributed by atoms with van der Waals surface area (Å²) >= 11 is 0. The van der Waals surface area contributed by atoms with Crippen molar-refractivity contribution in [1.82, 2.24) is 4.31 Å². The van der Waals surface area contributed by atoms with Gasteiger partial charge >= 0.3 is 0 Å². The number of sulfonamides is 1. The highest BCUT2D eigenvalue weighted by atomic mass is 32.2. The largest absolute Gasteiger partial charge is 0.243 e. The molecule has 1 aliphatic rings. The van der Waals surface area contributed by atoms with Gasteiger partial charge in [0.25, 0.3) is 0 Å². The molecule has 3 nitrogen and oxygen atoms in total. The number of hydrogen-bond donors (Lipinski definition) is 0. The van der Waals surface area contributed by atoms with Crippen molar-refractivity contribution in [2.45, 2.75) is 31.2 Å². The van der Waals surface area contributed by atoms with Crippen LogP contribution in [0.25, 0.3) is 0 Å². The summed E-state index contributed by atoms with van der Waals surface area (Å²) in [5.74, 6) is 0.336. The number of rotatable bonds is 3. The summed E-state index contributed by atoms with van der Waals surface area (Å²) in [5.41, 5.74) is 1.06. The van der Waals surface area contributed by atoms with Crippen LogP contribution in [0, 0.1) is 12.8 Å². The van der Waals surface area contributed by atoms with E-state index in [1.807, 2.05) is 19.1 Å². The van der Waals surface area contributed by atoms with Gasteiger partial charge in [-0.15, -0.1) is 6.58 Å². The summed E-state index contributed by atoms with van der Waals surface area (Å²) in [7, 11) is -3.39. The fourth-order valence-electron chi connectivity index (χ4n) is 2.41. The Hall–Kier alpha value is -1.13. The predicted molar refractivity (Wildman–Crippen MR) is 72.8 cm³/mol. The van der Waals surface area contributed by atoms with Crippen LogP contribution >= 0.6 is 0 Å². The monoisotopic (exact) mass is 265 g/mol. The molecule has 1 heterocycles. The van der Waals surface area contributed by atoms with Crippen molar-refractivity contribution in [2.24, 2.45) is 5.92 Å². The first kappa shape index (κ1) is 13.3. The summed E-state index contributed by atoms with van der Waals surface area (Å²) in [6.07, 6.45) is 2.63. The molecule has 1 aliphatic heterocycles. The standard InChI is InChI=1S/C14H19NO2S/c1-4-14-12(3)9-10-15(14)18(16,17)13-7-5-11(2)6-8-13/h4-8,12,14H,1,9-10H2,2-3H3/t12-,14?/m0/s1. The Labute approximate surface area is 109 Å². The van der Waals surface area contributed by atoms with Crippen LogP contribution in [0.4, 0.5) is 0 Å². The molecule has 1 fully saturated rings. The lowest BCUT2D eigenvalue weighted by molar-refractivity contribution is 0.402. The smallest absolute Gasteiger partial charge is 0.207 e. The maximum atomic E-state index is 12.5. The van der Waals surface area contributed by atoms with Crippen LogP contribution in [-0.2, 0) is 10.0 Å². The average molecular weight is 265 g/mol. The molecule has 0 aromatic heterocycles. The van der Waals surface area contributed by atoms with E-state index in [0.29, 0.717) is 17.4 Å². The molecule has 1 aromatic rings. The molecule has 0 amide bonds. The zero-order chi connectivity index (χ0) is 13.3. The minimum atomic E-state index is -3.39. The molecular weight excluding hydrogens is 246 g/mol. The third kappa shape index (κ3) is 2.22. The zero-order valence-electron chi connectivity index (χ0n) is 10.8. The van der Waals surface area contributed by atoms with Gasteiger partial charge in [-0.25, -0.2) is 8.42 Å². The van der Waals surface area contributed by atoms with E-state index in [2.05, 4.69) is 13.5 Å². The molecule has 0 N–H and O–H groups in total. The highest BCUT2D eigenvalue weighted by Crippen LogP contribution is 2.30. The van der Waals surface area contributed by atoms with Gasteiger partial charge in [-0.1, -0.05) is 30.7 Å². The van der Waals surface area contributed by atoms with Crippen molar-refractivity contribution in [2.75, 3.05) is 6.54 Å². The molecule has 4 heteroatoms. The Morgan fingerprint density at radius 3 is 2.50 bits per heavy atom. The Morgan fingerprint density at radius 1 is 1.33 bits per heavy atom. The van der Waals surface area contributed by atoms with E-state index >= 15 is 0 Å². The molecule has 0 radical (unpaired) electrons. The summed E-state index contributed by atoms with van der Waals surface area (Å²) in [4.78, 5) is 0.369. The van der Waals surface area contributed by atoms with Gasteiger partial charge in [0.05, 0.1) is 4.90 Å². The van der Waals surface area contributed by atoms with Gasteiger partial charge in [-0.3, -0.25) is 0 Å². The van der Waals surface area contributed by atoms with Gasteiger partial charge in [-0.05, 0) is 31.4 Å². The highest BCUT2D eigenvalue weighted by Gasteiger charge is 2.37. The molecule has 1 aromatic carbocycles. The lowest BCUT2D eigenvalue weighted by Crippen LogP contribution is -2.36. The maximum absolute atomic E-state index is 12.5. The van der Waals surface area contributed by atoms with Gasteiger partial charge < -0.3 is 0 Å². The molecule has 98 valence electrons. The van der Waals surface area contributed by atoms with E-state index in [9.17, 15) is 8.42 Å². The molecule has 0 spiro atoms. The fraction of sp³-hybridized carbons (Fsp3) is 0.429. The number of hydrogen-bond acceptors (Lipinski definition) is 2. The molecule has 2 rings (SSSR count). The van der Waals surface area contributed by atoms with E-state index in [-0.39, 0.29) is 6.04 Å². The molecule has 0 saturated carbocycles. The molecule has 1 saturated heterocycles. The van der Waals surface area contributed by atoms with Gasteiger partial charge in [0, 0.05) is 12.6 Å². The molecule has 18 heavy (non-hydrogen) atoms. The van der Waals surface area contributed by atoms with E-state index in [4.69, 9.17) is 0 Å². The molecular formula is C14H19NO2S. The Balaban J connectivity index is 2.37. The third-order valence-electron chi connectivity index (χ3n) is 3.59. The number of nitrogens with zero attached hydrogens (tertiary/aromatic N) is 1. The summed E-state index contributed by atoms with van der Waals surface area (Å²) < 4.78 is 26.6. The van der Waals surface area contributed by atoms with E-state index < -0.39 is 10.0 Å². The minimum absolute atomic E-state index is 0.0868. The van der Waals surface area contributed by atoms with Crippen molar-refractivity contribution in [1.29, 1.82) is 0 Å². The van der Waals surface area contributed by atoms with Crippen LogP contribution in [0.5, 0.6) is 0 Å². The molecule has 2 atom stereocenters. The summed E-state index contributed by atoms with van der Waals surface area (Å²) in [6, 6.07) is 6.92. The Kier molecular flexibility index (Phi) is 3.59. The Morgan fingerprint density at radius 2 is 1.94 bits per heavy atom. The quantitative estimate of drug-likeness (QED) is 0.788. The minimum Gasteiger partial charge on any atom is -0.207 e. The first-order valence-corrected chi connectivity index (χ1v) is 7.62. The van der Waals surface area contributed by atoms with Crippen LogP contribution in [0.15, 0.2) is 41.8 Å². The highest BCUT2D eigenvalue weighted by molar-refractivity contribution is 7.89. The van der Waals surface area contributed by atoms with E-state index in [1.54, 1.807) is 22.5 Å². The van der Waals surface area contributed by atoms with Gasteiger partial charge in [0.1, 0.15) is 0 Å². The van der Waals surface area contributed by atoms with Gasteiger partial charge in [0.15, 0.2) is 0 Å². The lowest BCUT2D eigenvalue weighted by atomic mass is 10.0. The third-order valence-corrected chi connectivity index (χ3v) is 5.50. The maximum Gasteiger partial charge on any atom is 0.243 e. The SMILES string of the molecule is C=CC1[C@@H](C)CCN1S(=O)(=O)c1ccc(C)cc1. The normalized spacial score (nSPS) is 25.2. The van der Waals surface area contributed by atoms with E-state index in [0.717, 1.165) is 12.0 Å². The first-order valence-electron chi connectivity index (χ1n) is 6.18. The van der Waals surface area contributed by atoms with Crippen molar-refractivity contribution in [3.63, 3.8) is 0 Å². The second kappa shape index (κ2) is 4.86. The number of benzene rings is 1. The first-order chi connectivity index (χ1) is 8.46. The van der Waals surface area contributed by atoms with Crippen LogP contribution in [0.1, 0.15) is 18.9 Å².